The van der Waals surface area contributed by atoms with Gasteiger partial charge in [0.25, 0.3) is 0 Å². The Morgan fingerprint density at radius 2 is 2.11 bits per heavy atom. The van der Waals surface area contributed by atoms with Gasteiger partial charge in [0.1, 0.15) is 30.1 Å². The number of carbonyl (C=O) groups excluding carboxylic acids is 1. The van der Waals surface area contributed by atoms with E-state index in [0.29, 0.717) is 24.4 Å². The molecule has 0 spiro atoms. The zero-order chi connectivity index (χ0) is 26.1. The van der Waals surface area contributed by atoms with Gasteiger partial charge in [-0.2, -0.15) is 0 Å². The first kappa shape index (κ1) is 25.1. The van der Waals surface area contributed by atoms with Crippen LogP contribution in [0.3, 0.4) is 0 Å². The number of amides is 1. The second-order valence-electron chi connectivity index (χ2n) is 11.0. The van der Waals surface area contributed by atoms with Crippen molar-refractivity contribution < 1.29 is 14.3 Å². The van der Waals surface area contributed by atoms with Crippen molar-refractivity contribution in [1.29, 1.82) is 0 Å². The summed E-state index contributed by atoms with van der Waals surface area (Å²) in [6.07, 6.45) is 11.4. The van der Waals surface area contributed by atoms with Gasteiger partial charge in [0, 0.05) is 38.0 Å². The first-order chi connectivity index (χ1) is 18.6. The predicted molar refractivity (Wildman–Crippen MR) is 147 cm³/mol. The van der Waals surface area contributed by atoms with Crippen LogP contribution >= 0.6 is 0 Å². The van der Waals surface area contributed by atoms with Gasteiger partial charge in [0.15, 0.2) is 0 Å². The molecule has 3 aromatic rings. The number of rotatable bonds is 8. The zero-order valence-electron chi connectivity index (χ0n) is 22.1. The molecule has 0 radical (unpaired) electrons. The highest BCUT2D eigenvalue weighted by atomic mass is 16.5. The van der Waals surface area contributed by atoms with E-state index in [4.69, 9.17) is 15.2 Å². The molecule has 3 fully saturated rings. The topological polar surface area (TPSA) is 108 Å². The molecular weight excluding hydrogens is 480 g/mol. The summed E-state index contributed by atoms with van der Waals surface area (Å²) in [6, 6.07) is 8.55. The molecule has 2 atom stereocenters. The van der Waals surface area contributed by atoms with Crippen molar-refractivity contribution in [3.8, 4) is 16.9 Å². The van der Waals surface area contributed by atoms with Gasteiger partial charge in [-0.05, 0) is 75.1 Å². The zero-order valence-corrected chi connectivity index (χ0v) is 22.1. The lowest BCUT2D eigenvalue weighted by Crippen LogP contribution is -2.45. The van der Waals surface area contributed by atoms with Gasteiger partial charge < -0.3 is 25.1 Å². The third-order valence-electron chi connectivity index (χ3n) is 8.50. The number of hydrogen-bond donors (Lipinski definition) is 2. The third kappa shape index (κ3) is 4.97. The molecule has 38 heavy (non-hydrogen) atoms. The maximum atomic E-state index is 12.3. The summed E-state index contributed by atoms with van der Waals surface area (Å²) < 4.78 is 14.2. The molecule has 1 amide bonds. The molecule has 4 heterocycles. The number of nitrogens with two attached hydrogens (primary N) is 1. The Labute approximate surface area is 223 Å². The van der Waals surface area contributed by atoms with Crippen LogP contribution < -0.4 is 15.8 Å². The third-order valence-corrected chi connectivity index (χ3v) is 8.50. The Balaban J connectivity index is 1.19. The average molecular weight is 519 g/mol. The maximum absolute atomic E-state index is 12.3. The normalized spacial score (nSPS) is 25.8. The fraction of sp³-hybridized carbons (Fsp3) is 0.552. The fourth-order valence-electron chi connectivity index (χ4n) is 6.40. The van der Waals surface area contributed by atoms with Crippen molar-refractivity contribution in [2.24, 2.45) is 5.92 Å². The number of nitrogens with zero attached hydrogens (tertiary/aromatic N) is 4. The van der Waals surface area contributed by atoms with E-state index in [1.807, 2.05) is 12.1 Å². The lowest BCUT2D eigenvalue weighted by atomic mass is 9.79. The van der Waals surface area contributed by atoms with Gasteiger partial charge in [0.05, 0.1) is 17.5 Å². The number of nitrogens with one attached hydrogen (secondary N) is 1. The molecule has 2 saturated heterocycles. The van der Waals surface area contributed by atoms with Crippen LogP contribution in [0.4, 0.5) is 5.82 Å². The van der Waals surface area contributed by atoms with Crippen LogP contribution in [0.2, 0.25) is 0 Å². The molecule has 2 aliphatic heterocycles. The molecule has 202 valence electrons. The average Bonchev–Trinajstić information content (AvgIpc) is 3.55. The Hall–Kier alpha value is -3.17. The quantitative estimate of drug-likeness (QED) is 0.467. The summed E-state index contributed by atoms with van der Waals surface area (Å²) in [7, 11) is 1.73. The molecule has 1 aliphatic carbocycles. The van der Waals surface area contributed by atoms with Crippen molar-refractivity contribution in [3.63, 3.8) is 0 Å². The van der Waals surface area contributed by atoms with Crippen molar-refractivity contribution >= 4 is 22.8 Å². The van der Waals surface area contributed by atoms with E-state index >= 15 is 0 Å². The van der Waals surface area contributed by atoms with E-state index < -0.39 is 0 Å². The van der Waals surface area contributed by atoms with Crippen molar-refractivity contribution in [1.82, 2.24) is 24.8 Å². The van der Waals surface area contributed by atoms with Crippen LogP contribution in [0.5, 0.6) is 5.75 Å². The second-order valence-corrected chi connectivity index (χ2v) is 11.0. The summed E-state index contributed by atoms with van der Waals surface area (Å²) in [5, 5.41) is 3.72. The molecule has 9 nitrogen and oxygen atoms in total. The summed E-state index contributed by atoms with van der Waals surface area (Å²) in [6.45, 7) is 3.37. The highest BCUT2D eigenvalue weighted by Crippen LogP contribution is 2.44. The number of hydrogen-bond acceptors (Lipinski definition) is 7. The lowest BCUT2D eigenvalue weighted by molar-refractivity contribution is -0.125. The van der Waals surface area contributed by atoms with Gasteiger partial charge in [-0.25, -0.2) is 9.97 Å². The van der Waals surface area contributed by atoms with Crippen molar-refractivity contribution in [2.75, 3.05) is 39.1 Å². The number of fused-ring (bicyclic) bond motifs is 1. The standard InChI is InChI=1S/C29H38N6O3/c1-31-29(36)25-9-5-10-34(25)15-19-12-21(13-19)35-16-24(26-27(30)32-18-33-28(26)35)20-6-4-8-22(14-20)38-17-23-7-2-3-11-37-23/h4,6,8,14,16,18-19,21,23,25H,2-3,5,7,9-13,15,17H2,1H3,(H,31,36)(H2,30,32,33)/t19?,21?,23?,25-/m1/s1. The Kier molecular flexibility index (Phi) is 7.21. The monoisotopic (exact) mass is 518 g/mol. The molecular formula is C29H38N6O3. The second kappa shape index (κ2) is 10.9. The molecule has 6 rings (SSSR count). The molecule has 1 saturated carbocycles. The van der Waals surface area contributed by atoms with Crippen LogP contribution in [0.25, 0.3) is 22.2 Å². The maximum Gasteiger partial charge on any atom is 0.237 e. The van der Waals surface area contributed by atoms with E-state index in [1.165, 1.54) is 6.42 Å². The summed E-state index contributed by atoms with van der Waals surface area (Å²) >= 11 is 0. The number of carbonyl (C=O) groups is 1. The molecule has 2 aromatic heterocycles. The van der Waals surface area contributed by atoms with Gasteiger partial charge in [-0.3, -0.25) is 9.69 Å². The van der Waals surface area contributed by atoms with Crippen molar-refractivity contribution in [3.05, 3.63) is 36.8 Å². The van der Waals surface area contributed by atoms with Crippen LogP contribution in [0.15, 0.2) is 36.8 Å². The Morgan fingerprint density at radius 1 is 1.21 bits per heavy atom. The highest BCUT2D eigenvalue weighted by Gasteiger charge is 2.37. The summed E-state index contributed by atoms with van der Waals surface area (Å²) in [4.78, 5) is 23.6. The number of anilines is 1. The molecule has 1 unspecified atom stereocenters. The Bertz CT molecular complexity index is 1280. The summed E-state index contributed by atoms with van der Waals surface area (Å²) in [5.41, 5.74) is 9.34. The first-order valence-electron chi connectivity index (χ1n) is 14.0. The van der Waals surface area contributed by atoms with E-state index in [9.17, 15) is 4.79 Å². The van der Waals surface area contributed by atoms with Crippen LogP contribution in [0, 0.1) is 5.92 Å². The molecule has 1 aromatic carbocycles. The minimum atomic E-state index is 0.0183. The Morgan fingerprint density at radius 3 is 2.92 bits per heavy atom. The SMILES string of the molecule is CNC(=O)[C@H]1CCCN1CC1CC(n2cc(-c3cccc(OCC4CCCCO4)c3)c3c(N)ncnc32)C1. The van der Waals surface area contributed by atoms with E-state index in [0.717, 1.165) is 86.1 Å². The van der Waals surface area contributed by atoms with E-state index in [2.05, 4.69) is 43.1 Å². The van der Waals surface area contributed by atoms with Crippen LogP contribution in [-0.2, 0) is 9.53 Å². The lowest BCUT2D eigenvalue weighted by Gasteiger charge is -2.39. The predicted octanol–water partition coefficient (Wildman–Crippen LogP) is 3.79. The van der Waals surface area contributed by atoms with Gasteiger partial charge in [-0.1, -0.05) is 12.1 Å². The molecule has 0 bridgehead atoms. The van der Waals surface area contributed by atoms with Crippen LogP contribution in [0.1, 0.15) is 51.0 Å². The number of aromatic nitrogens is 3. The summed E-state index contributed by atoms with van der Waals surface area (Å²) in [5.74, 6) is 2.04. The highest BCUT2D eigenvalue weighted by molar-refractivity contribution is 6.00. The van der Waals surface area contributed by atoms with Gasteiger partial charge >= 0.3 is 0 Å². The largest absolute Gasteiger partial charge is 0.491 e. The molecule has 3 aliphatic rings. The minimum Gasteiger partial charge on any atom is -0.491 e. The number of benzene rings is 1. The smallest absolute Gasteiger partial charge is 0.237 e. The first-order valence-corrected chi connectivity index (χ1v) is 14.0. The van der Waals surface area contributed by atoms with Gasteiger partial charge in [-0.15, -0.1) is 0 Å². The van der Waals surface area contributed by atoms with Crippen LogP contribution in [-0.4, -0.2) is 70.8 Å². The minimum absolute atomic E-state index is 0.0183. The van der Waals surface area contributed by atoms with E-state index in [-0.39, 0.29) is 18.1 Å². The number of likely N-dealkylation sites (N-methyl/N-ethyl adjacent to an activating group) is 1. The fourth-order valence-corrected chi connectivity index (χ4v) is 6.40. The molecule has 3 N–H and O–H groups in total. The number of ether oxygens (including phenoxy) is 2. The van der Waals surface area contributed by atoms with Crippen molar-refractivity contribution in [2.45, 2.75) is 63.1 Å². The van der Waals surface area contributed by atoms with E-state index in [1.54, 1.807) is 13.4 Å². The molecule has 9 heteroatoms. The number of nitrogen functional groups attached to an aromatic ring is 1. The van der Waals surface area contributed by atoms with Gasteiger partial charge in [0.2, 0.25) is 5.91 Å². The number of likely N-dealkylation sites (tertiary alicyclic amines) is 1.